The molecule has 1 aliphatic rings. The molecule has 1 aliphatic carbocycles. The molecule has 1 heteroatoms. The Hall–Kier alpha value is -2.48. The van der Waals surface area contributed by atoms with E-state index in [0.29, 0.717) is 0 Å². The molecule has 0 saturated carbocycles. The fraction of sp³-hybridized carbons (Fsp3) is 0.200. The molecule has 0 fully saturated rings. The summed E-state index contributed by atoms with van der Waals surface area (Å²) in [4.78, 5) is 0. The minimum atomic E-state index is 0.0306. The van der Waals surface area contributed by atoms with Gasteiger partial charge in [0.25, 0.3) is 0 Å². The van der Waals surface area contributed by atoms with E-state index < -0.39 is 0 Å². The van der Waals surface area contributed by atoms with Crippen LogP contribution in [-0.4, -0.2) is 5.11 Å². The molecule has 2 aromatic carbocycles. The number of rotatable bonds is 1. The Morgan fingerprint density at radius 1 is 1.00 bits per heavy atom. The van der Waals surface area contributed by atoms with Gasteiger partial charge < -0.3 is 5.11 Å². The number of hydrogen-bond acceptors (Lipinski definition) is 1. The van der Waals surface area contributed by atoms with Crippen LogP contribution in [0.5, 0.6) is 0 Å². The fourth-order valence-electron chi connectivity index (χ4n) is 2.99. The molecule has 21 heavy (non-hydrogen) atoms. The molecule has 0 spiro atoms. The number of benzene rings is 2. The molecule has 1 nitrogen and oxygen atoms in total. The second-order valence-electron chi connectivity index (χ2n) is 5.07. The summed E-state index contributed by atoms with van der Waals surface area (Å²) in [7, 11) is 0. The van der Waals surface area contributed by atoms with E-state index in [1.54, 1.807) is 0 Å². The molecular weight excluding hydrogens is 256 g/mol. The summed E-state index contributed by atoms with van der Waals surface area (Å²) in [6, 6.07) is 10.5. The van der Waals surface area contributed by atoms with Gasteiger partial charge in [-0.1, -0.05) is 24.0 Å². The minimum absolute atomic E-state index is 0.0306. The summed E-state index contributed by atoms with van der Waals surface area (Å²) in [5, 5.41) is 9.74. The molecule has 0 atom stereocenters. The van der Waals surface area contributed by atoms with Gasteiger partial charge >= 0.3 is 0 Å². The molecule has 0 aliphatic heterocycles. The Balaban J connectivity index is 2.16. The summed E-state index contributed by atoms with van der Waals surface area (Å²) >= 11 is 0. The van der Waals surface area contributed by atoms with Crippen LogP contribution in [0, 0.1) is 23.7 Å². The fourth-order valence-corrected chi connectivity index (χ4v) is 2.99. The lowest BCUT2D eigenvalue weighted by Gasteiger charge is -2.08. The van der Waals surface area contributed by atoms with Crippen LogP contribution >= 0.6 is 0 Å². The first kappa shape index (κ1) is 13.5. The maximum atomic E-state index is 9.74. The lowest BCUT2D eigenvalue weighted by atomic mass is 9.97. The van der Waals surface area contributed by atoms with Crippen molar-refractivity contribution < 1.29 is 5.11 Å². The van der Waals surface area contributed by atoms with Crippen LogP contribution in [0.3, 0.4) is 0 Å². The topological polar surface area (TPSA) is 20.2 Å². The van der Waals surface area contributed by atoms with Crippen LogP contribution in [0.15, 0.2) is 30.3 Å². The number of aliphatic hydroxyl groups excluding tert-OH is 1. The van der Waals surface area contributed by atoms with E-state index in [9.17, 15) is 5.11 Å². The van der Waals surface area contributed by atoms with Crippen molar-refractivity contribution >= 4 is 0 Å². The lowest BCUT2D eigenvalue weighted by Crippen LogP contribution is -1.97. The van der Waals surface area contributed by atoms with Gasteiger partial charge in [-0.25, -0.2) is 0 Å². The maximum absolute atomic E-state index is 9.74. The normalized spacial score (nSPS) is 10.8. The Morgan fingerprint density at radius 2 is 1.76 bits per heavy atom. The predicted molar refractivity (Wildman–Crippen MR) is 85.7 cm³/mol. The van der Waals surface area contributed by atoms with Crippen molar-refractivity contribution in [2.75, 3.05) is 0 Å². The summed E-state index contributed by atoms with van der Waals surface area (Å²) in [6.07, 6.45) is 0.846. The highest BCUT2D eigenvalue weighted by molar-refractivity contribution is 5.79. The first-order valence-corrected chi connectivity index (χ1v) is 7.03. The van der Waals surface area contributed by atoms with Crippen molar-refractivity contribution in [3.8, 4) is 34.8 Å². The van der Waals surface area contributed by atoms with Crippen molar-refractivity contribution in [2.45, 2.75) is 26.9 Å². The molecule has 0 radical (unpaired) electrons. The minimum Gasteiger partial charge on any atom is -0.392 e. The van der Waals surface area contributed by atoms with E-state index in [1.807, 2.05) is 19.9 Å². The average Bonchev–Trinajstić information content (AvgIpc) is 2.85. The van der Waals surface area contributed by atoms with Gasteiger partial charge in [-0.05, 0) is 66.3 Å². The van der Waals surface area contributed by atoms with Crippen LogP contribution in [0.4, 0.5) is 0 Å². The highest BCUT2D eigenvalue weighted by Gasteiger charge is 2.22. The van der Waals surface area contributed by atoms with Crippen LogP contribution < -0.4 is 0 Å². The molecule has 0 amide bonds. The van der Waals surface area contributed by atoms with E-state index in [1.165, 1.54) is 22.3 Å². The first-order valence-electron chi connectivity index (χ1n) is 7.03. The quantitative estimate of drug-likeness (QED) is 0.672. The molecule has 3 rings (SSSR count). The van der Waals surface area contributed by atoms with Crippen LogP contribution in [0.25, 0.3) is 11.1 Å². The Kier molecular flexibility index (Phi) is 3.53. The Labute approximate surface area is 125 Å². The molecule has 102 valence electrons. The van der Waals surface area contributed by atoms with Gasteiger partial charge in [0.15, 0.2) is 0 Å². The Morgan fingerprint density at radius 3 is 2.48 bits per heavy atom. The molecule has 0 aromatic heterocycles. The zero-order valence-corrected chi connectivity index (χ0v) is 12.2. The zero-order valence-electron chi connectivity index (χ0n) is 12.2. The van der Waals surface area contributed by atoms with Crippen molar-refractivity contribution in [2.24, 2.45) is 0 Å². The summed E-state index contributed by atoms with van der Waals surface area (Å²) in [5.74, 6) is 12.0. The van der Waals surface area contributed by atoms with Gasteiger partial charge in [-0.15, -0.1) is 11.8 Å². The van der Waals surface area contributed by atoms with Crippen molar-refractivity contribution in [1.82, 2.24) is 0 Å². The van der Waals surface area contributed by atoms with Gasteiger partial charge in [0.1, 0.15) is 0 Å². The number of fused-ring (bicyclic) bond motifs is 3. The van der Waals surface area contributed by atoms with E-state index >= 15 is 0 Å². The summed E-state index contributed by atoms with van der Waals surface area (Å²) < 4.78 is 0. The SMILES string of the molecule is CC#Cc1ccc2c(c1)Cc1c-2ccc(C#CC)c1CO. The second kappa shape index (κ2) is 5.49. The molecule has 1 N–H and O–H groups in total. The zero-order chi connectivity index (χ0) is 14.8. The first-order chi connectivity index (χ1) is 10.3. The molecular formula is C20H16O. The monoisotopic (exact) mass is 272 g/mol. The van der Waals surface area contributed by atoms with Gasteiger partial charge in [0.05, 0.1) is 6.61 Å². The third-order valence-corrected chi connectivity index (χ3v) is 3.88. The van der Waals surface area contributed by atoms with E-state index in [0.717, 1.165) is 23.1 Å². The number of hydrogen-bond donors (Lipinski definition) is 1. The van der Waals surface area contributed by atoms with E-state index in [-0.39, 0.29) is 6.61 Å². The van der Waals surface area contributed by atoms with E-state index in [2.05, 4.69) is 47.9 Å². The Bertz CT molecular complexity index is 836. The standard InChI is InChI=1S/C20H16O/c1-3-5-14-7-9-17-16(11-14)12-19-18(17)10-8-15(6-4-2)20(19)13-21/h7-11,21H,12-13H2,1-2H3. The lowest BCUT2D eigenvalue weighted by molar-refractivity contribution is 0.280. The molecule has 0 bridgehead atoms. The highest BCUT2D eigenvalue weighted by atomic mass is 16.3. The van der Waals surface area contributed by atoms with Crippen LogP contribution in [-0.2, 0) is 13.0 Å². The molecule has 0 heterocycles. The number of aliphatic hydroxyl groups is 1. The molecule has 2 aromatic rings. The molecule has 0 unspecified atom stereocenters. The van der Waals surface area contributed by atoms with Gasteiger partial charge in [0, 0.05) is 11.1 Å². The van der Waals surface area contributed by atoms with Crippen LogP contribution in [0.1, 0.15) is 41.7 Å². The predicted octanol–water partition coefficient (Wildman–Crippen LogP) is 3.49. The highest BCUT2D eigenvalue weighted by Crippen LogP contribution is 2.39. The smallest absolute Gasteiger partial charge is 0.0697 e. The van der Waals surface area contributed by atoms with Gasteiger partial charge in [-0.3, -0.25) is 0 Å². The summed E-state index contributed by atoms with van der Waals surface area (Å²) in [6.45, 7) is 3.70. The van der Waals surface area contributed by atoms with Crippen molar-refractivity contribution in [3.63, 3.8) is 0 Å². The van der Waals surface area contributed by atoms with Crippen LogP contribution in [0.2, 0.25) is 0 Å². The molecule has 0 saturated heterocycles. The third-order valence-electron chi connectivity index (χ3n) is 3.88. The van der Waals surface area contributed by atoms with Crippen molar-refractivity contribution in [1.29, 1.82) is 0 Å². The van der Waals surface area contributed by atoms with Gasteiger partial charge in [0.2, 0.25) is 0 Å². The second-order valence-corrected chi connectivity index (χ2v) is 5.07. The largest absolute Gasteiger partial charge is 0.392 e. The van der Waals surface area contributed by atoms with Crippen molar-refractivity contribution in [3.05, 3.63) is 58.1 Å². The third kappa shape index (κ3) is 2.23. The van der Waals surface area contributed by atoms with Gasteiger partial charge in [-0.2, -0.15) is 0 Å². The summed E-state index contributed by atoms with van der Waals surface area (Å²) in [5.41, 5.74) is 7.88. The average molecular weight is 272 g/mol. The van der Waals surface area contributed by atoms with E-state index in [4.69, 9.17) is 0 Å². The maximum Gasteiger partial charge on any atom is 0.0697 e.